The van der Waals surface area contributed by atoms with Gasteiger partial charge in [0.25, 0.3) is 0 Å². The van der Waals surface area contributed by atoms with Crippen LogP contribution in [-0.2, 0) is 16.6 Å². The molecule has 1 heterocycles. The number of anilines is 1. The number of carboxylic acids is 1. The van der Waals surface area contributed by atoms with Crippen LogP contribution in [0.1, 0.15) is 0 Å². The Kier molecular flexibility index (Phi) is 4.40. The lowest BCUT2D eigenvalue weighted by Gasteiger charge is -2.11. The number of carbonyl (C=O) groups excluding carboxylic acids is 1. The Bertz CT molecular complexity index is 404. The number of methoxy groups -OCH3 is 1. The summed E-state index contributed by atoms with van der Waals surface area (Å²) in [5.74, 6) is -0.891. The summed E-state index contributed by atoms with van der Waals surface area (Å²) in [5.41, 5.74) is 0. The smallest absolute Gasteiger partial charge is 0.334 e. The van der Waals surface area contributed by atoms with Gasteiger partial charge >= 0.3 is 12.0 Å². The molecule has 9 heteroatoms. The minimum atomic E-state index is -1.15. The van der Waals surface area contributed by atoms with Gasteiger partial charge in [0, 0.05) is 14.2 Å². The van der Waals surface area contributed by atoms with Crippen molar-refractivity contribution in [1.29, 1.82) is 0 Å². The molecule has 1 rings (SSSR count). The maximum atomic E-state index is 11.4. The van der Waals surface area contributed by atoms with Crippen LogP contribution in [0.3, 0.4) is 0 Å². The first-order valence-electron chi connectivity index (χ1n) is 4.69. The van der Waals surface area contributed by atoms with E-state index in [0.717, 1.165) is 0 Å². The number of rotatable bonds is 5. The van der Waals surface area contributed by atoms with Gasteiger partial charge in [-0.15, -0.1) is 0 Å². The van der Waals surface area contributed by atoms with E-state index in [-0.39, 0.29) is 12.5 Å². The Morgan fingerprint density at radius 1 is 1.65 bits per heavy atom. The molecular weight excluding hydrogens is 230 g/mol. The number of aromatic nitrogens is 3. The minimum absolute atomic E-state index is 0.143. The fourth-order valence-corrected chi connectivity index (χ4v) is 1.01. The van der Waals surface area contributed by atoms with E-state index in [2.05, 4.69) is 25.5 Å². The topological polar surface area (TPSA) is 118 Å². The Morgan fingerprint density at radius 2 is 2.35 bits per heavy atom. The number of carboxylic acid groups (broad SMARTS) is 1. The molecule has 9 nitrogen and oxygen atoms in total. The van der Waals surface area contributed by atoms with Crippen LogP contribution in [-0.4, -0.2) is 51.6 Å². The van der Waals surface area contributed by atoms with Gasteiger partial charge < -0.3 is 15.2 Å². The SMILES string of the molecule is COC(CNC(=O)Nc1ncnn1C)C(=O)O. The van der Waals surface area contributed by atoms with Crippen LogP contribution < -0.4 is 10.6 Å². The number of nitrogens with one attached hydrogen (secondary N) is 2. The number of aryl methyl sites for hydroxylation is 1. The van der Waals surface area contributed by atoms with Crippen molar-refractivity contribution in [3.05, 3.63) is 6.33 Å². The average molecular weight is 243 g/mol. The second kappa shape index (κ2) is 5.80. The number of aliphatic carboxylic acids is 1. The van der Waals surface area contributed by atoms with Crippen molar-refractivity contribution in [3.8, 4) is 0 Å². The standard InChI is InChI=1S/C8H13N5O4/c1-13-7(10-4-11-13)12-8(16)9-3-5(17-2)6(14)15/h4-5H,3H2,1-2H3,(H,14,15)(H2,9,10,11,12,16). The van der Waals surface area contributed by atoms with E-state index in [9.17, 15) is 9.59 Å². The number of hydrogen-bond donors (Lipinski definition) is 3. The zero-order valence-electron chi connectivity index (χ0n) is 9.38. The van der Waals surface area contributed by atoms with Gasteiger partial charge in [-0.25, -0.2) is 14.3 Å². The predicted octanol–water partition coefficient (Wildman–Crippen LogP) is -0.964. The van der Waals surface area contributed by atoms with Crippen molar-refractivity contribution in [2.45, 2.75) is 6.10 Å². The monoisotopic (exact) mass is 243 g/mol. The third kappa shape index (κ3) is 3.72. The second-order valence-corrected chi connectivity index (χ2v) is 3.10. The molecule has 0 aliphatic heterocycles. The van der Waals surface area contributed by atoms with Gasteiger partial charge in [-0.2, -0.15) is 10.1 Å². The van der Waals surface area contributed by atoms with E-state index in [1.165, 1.54) is 18.1 Å². The molecule has 0 spiro atoms. The number of nitrogens with zero attached hydrogens (tertiary/aromatic N) is 3. The Labute approximate surface area is 96.8 Å². The van der Waals surface area contributed by atoms with E-state index in [4.69, 9.17) is 5.11 Å². The molecule has 0 aliphatic carbocycles. The molecule has 0 bridgehead atoms. The summed E-state index contributed by atoms with van der Waals surface area (Å²) in [7, 11) is 2.86. The van der Waals surface area contributed by atoms with Gasteiger partial charge in [0.1, 0.15) is 6.33 Å². The highest BCUT2D eigenvalue weighted by atomic mass is 16.5. The molecule has 3 N–H and O–H groups in total. The third-order valence-corrected chi connectivity index (χ3v) is 1.94. The zero-order chi connectivity index (χ0) is 12.8. The quantitative estimate of drug-likeness (QED) is 0.612. The molecule has 0 aromatic carbocycles. The van der Waals surface area contributed by atoms with Crippen molar-refractivity contribution >= 4 is 17.9 Å². The Hall–Kier alpha value is -2.16. The van der Waals surface area contributed by atoms with Crippen molar-refractivity contribution in [2.24, 2.45) is 7.05 Å². The zero-order valence-corrected chi connectivity index (χ0v) is 9.38. The highest BCUT2D eigenvalue weighted by Gasteiger charge is 2.17. The summed E-state index contributed by atoms with van der Waals surface area (Å²) in [6, 6.07) is -0.579. The minimum Gasteiger partial charge on any atom is -0.479 e. The summed E-state index contributed by atoms with van der Waals surface area (Å²) in [6.45, 7) is -0.143. The molecule has 1 aromatic heterocycles. The molecule has 1 atom stereocenters. The molecule has 94 valence electrons. The van der Waals surface area contributed by atoms with Gasteiger partial charge in [0.15, 0.2) is 6.10 Å². The van der Waals surface area contributed by atoms with Crippen molar-refractivity contribution in [1.82, 2.24) is 20.1 Å². The van der Waals surface area contributed by atoms with Crippen LogP contribution in [0.2, 0.25) is 0 Å². The molecule has 0 aliphatic rings. The molecule has 2 amide bonds. The van der Waals surface area contributed by atoms with Gasteiger partial charge in [-0.3, -0.25) is 5.32 Å². The third-order valence-electron chi connectivity index (χ3n) is 1.94. The Balaban J connectivity index is 2.40. The first-order chi connectivity index (χ1) is 8.04. The second-order valence-electron chi connectivity index (χ2n) is 3.10. The first-order valence-corrected chi connectivity index (χ1v) is 4.69. The lowest BCUT2D eigenvalue weighted by molar-refractivity contribution is -0.147. The number of urea groups is 1. The molecule has 0 radical (unpaired) electrons. The summed E-state index contributed by atoms with van der Waals surface area (Å²) in [4.78, 5) is 25.7. The number of hydrogen-bond acceptors (Lipinski definition) is 5. The Morgan fingerprint density at radius 3 is 2.82 bits per heavy atom. The van der Waals surface area contributed by atoms with Crippen molar-refractivity contribution < 1.29 is 19.4 Å². The molecule has 0 saturated carbocycles. The molecular formula is C8H13N5O4. The number of carbonyl (C=O) groups is 2. The van der Waals surface area contributed by atoms with E-state index in [0.29, 0.717) is 0 Å². The van der Waals surface area contributed by atoms with Crippen LogP contribution in [0.5, 0.6) is 0 Å². The molecule has 0 fully saturated rings. The molecule has 0 saturated heterocycles. The van der Waals surface area contributed by atoms with E-state index in [1.54, 1.807) is 7.05 Å². The van der Waals surface area contributed by atoms with Crippen LogP contribution in [0.15, 0.2) is 6.33 Å². The number of amides is 2. The summed E-state index contributed by atoms with van der Waals surface area (Å²) >= 11 is 0. The van der Waals surface area contributed by atoms with Crippen LogP contribution in [0.4, 0.5) is 10.7 Å². The maximum absolute atomic E-state index is 11.4. The van der Waals surface area contributed by atoms with E-state index in [1.807, 2.05) is 0 Å². The molecule has 17 heavy (non-hydrogen) atoms. The lowest BCUT2D eigenvalue weighted by atomic mass is 10.3. The maximum Gasteiger partial charge on any atom is 0.334 e. The van der Waals surface area contributed by atoms with Crippen LogP contribution >= 0.6 is 0 Å². The molecule has 1 unspecified atom stereocenters. The van der Waals surface area contributed by atoms with Gasteiger partial charge in [0.2, 0.25) is 5.95 Å². The normalized spacial score (nSPS) is 11.9. The lowest BCUT2D eigenvalue weighted by Crippen LogP contribution is -2.40. The number of ether oxygens (including phenoxy) is 1. The average Bonchev–Trinajstić information content (AvgIpc) is 2.65. The van der Waals surface area contributed by atoms with E-state index < -0.39 is 18.1 Å². The summed E-state index contributed by atoms with van der Waals surface area (Å²) in [6.07, 6.45) is 0.199. The van der Waals surface area contributed by atoms with Crippen molar-refractivity contribution in [3.63, 3.8) is 0 Å². The fourth-order valence-electron chi connectivity index (χ4n) is 1.01. The summed E-state index contributed by atoms with van der Waals surface area (Å²) < 4.78 is 6.01. The van der Waals surface area contributed by atoms with E-state index >= 15 is 0 Å². The predicted molar refractivity (Wildman–Crippen MR) is 56.5 cm³/mol. The van der Waals surface area contributed by atoms with Gasteiger partial charge in [-0.1, -0.05) is 0 Å². The fraction of sp³-hybridized carbons (Fsp3) is 0.500. The molecule has 1 aromatic rings. The highest BCUT2D eigenvalue weighted by molar-refractivity contribution is 5.87. The van der Waals surface area contributed by atoms with Crippen molar-refractivity contribution in [2.75, 3.05) is 19.0 Å². The van der Waals surface area contributed by atoms with Crippen LogP contribution in [0, 0.1) is 0 Å². The van der Waals surface area contributed by atoms with Gasteiger partial charge in [-0.05, 0) is 0 Å². The summed E-state index contributed by atoms with van der Waals surface area (Å²) in [5, 5.41) is 17.2. The largest absolute Gasteiger partial charge is 0.479 e. The van der Waals surface area contributed by atoms with Gasteiger partial charge in [0.05, 0.1) is 6.54 Å². The van der Waals surface area contributed by atoms with Crippen LogP contribution in [0.25, 0.3) is 0 Å². The first kappa shape index (κ1) is 12.9. The highest BCUT2D eigenvalue weighted by Crippen LogP contribution is 1.97.